The second-order valence-electron chi connectivity index (χ2n) is 6.31. The fraction of sp³-hybridized carbons (Fsp3) is 0. The molecular formula is C21H14ClN3O4S. The molecule has 30 heavy (non-hydrogen) atoms. The number of hydrogen-bond donors (Lipinski definition) is 1. The molecule has 0 aliphatic heterocycles. The van der Waals surface area contributed by atoms with E-state index in [0.29, 0.717) is 11.3 Å². The smallest absolute Gasteiger partial charge is 0.335 e. The zero-order valence-electron chi connectivity index (χ0n) is 15.3. The molecule has 1 aromatic heterocycles. The number of aromatic carboxylic acids is 1. The SMILES string of the molecule is O=C(O)c1cccc(-n2nnc(S(=O)(=O)c3ccccc3Cl)c2-c2ccccc2)c1. The summed E-state index contributed by atoms with van der Waals surface area (Å²) in [4.78, 5) is 11.3. The number of sulfone groups is 1. The van der Waals surface area contributed by atoms with E-state index < -0.39 is 15.8 Å². The molecule has 150 valence electrons. The number of rotatable bonds is 5. The topological polar surface area (TPSA) is 102 Å². The van der Waals surface area contributed by atoms with E-state index in [1.54, 1.807) is 54.6 Å². The van der Waals surface area contributed by atoms with E-state index in [4.69, 9.17) is 11.6 Å². The molecule has 9 heteroatoms. The van der Waals surface area contributed by atoms with Crippen molar-refractivity contribution in [2.24, 2.45) is 0 Å². The van der Waals surface area contributed by atoms with Crippen molar-refractivity contribution in [2.75, 3.05) is 0 Å². The van der Waals surface area contributed by atoms with Crippen LogP contribution in [0.2, 0.25) is 5.02 Å². The Bertz CT molecular complexity index is 1350. The summed E-state index contributed by atoms with van der Waals surface area (Å²) in [5, 5.41) is 17.1. The van der Waals surface area contributed by atoms with E-state index in [1.807, 2.05) is 0 Å². The van der Waals surface area contributed by atoms with Crippen molar-refractivity contribution >= 4 is 27.4 Å². The summed E-state index contributed by atoms with van der Waals surface area (Å²) in [6.45, 7) is 0. The van der Waals surface area contributed by atoms with Crippen molar-refractivity contribution in [1.29, 1.82) is 0 Å². The number of carboxylic acid groups (broad SMARTS) is 1. The zero-order chi connectivity index (χ0) is 21.3. The van der Waals surface area contributed by atoms with Gasteiger partial charge in [0.05, 0.1) is 21.2 Å². The van der Waals surface area contributed by atoms with Gasteiger partial charge in [0.25, 0.3) is 0 Å². The predicted molar refractivity (Wildman–Crippen MR) is 111 cm³/mol. The second-order valence-corrected chi connectivity index (χ2v) is 8.55. The Kier molecular flexibility index (Phi) is 5.11. The van der Waals surface area contributed by atoms with Gasteiger partial charge >= 0.3 is 5.97 Å². The lowest BCUT2D eigenvalue weighted by molar-refractivity contribution is 0.0697. The average Bonchev–Trinajstić information content (AvgIpc) is 3.21. The third-order valence-corrected chi connectivity index (χ3v) is 6.57. The van der Waals surface area contributed by atoms with Gasteiger partial charge in [0.2, 0.25) is 14.9 Å². The van der Waals surface area contributed by atoms with E-state index in [1.165, 1.54) is 28.9 Å². The standard InChI is InChI=1S/C21H14ClN3O4S/c22-17-11-4-5-12-18(17)30(28,29)20-19(14-7-2-1-3-8-14)25(24-23-20)16-10-6-9-15(13-16)21(26)27/h1-13H,(H,26,27). The minimum absolute atomic E-state index is 0.0394. The van der Waals surface area contributed by atoms with E-state index in [9.17, 15) is 18.3 Å². The van der Waals surface area contributed by atoms with Gasteiger partial charge in [-0.2, -0.15) is 0 Å². The maximum absolute atomic E-state index is 13.4. The number of benzene rings is 3. The molecule has 0 unspecified atom stereocenters. The minimum Gasteiger partial charge on any atom is -0.478 e. The summed E-state index contributed by atoms with van der Waals surface area (Å²) in [5.41, 5.74) is 1.16. The van der Waals surface area contributed by atoms with Crippen LogP contribution in [0.3, 0.4) is 0 Å². The highest BCUT2D eigenvalue weighted by molar-refractivity contribution is 7.91. The molecule has 0 atom stereocenters. The normalized spacial score (nSPS) is 11.4. The Labute approximate surface area is 177 Å². The molecule has 1 N–H and O–H groups in total. The molecule has 0 radical (unpaired) electrons. The monoisotopic (exact) mass is 439 g/mol. The van der Waals surface area contributed by atoms with Gasteiger partial charge in [0, 0.05) is 5.56 Å². The highest BCUT2D eigenvalue weighted by atomic mass is 35.5. The fourth-order valence-electron chi connectivity index (χ4n) is 3.01. The van der Waals surface area contributed by atoms with Crippen molar-refractivity contribution in [2.45, 2.75) is 9.92 Å². The van der Waals surface area contributed by atoms with Crippen LogP contribution in [-0.4, -0.2) is 34.5 Å². The van der Waals surface area contributed by atoms with Gasteiger partial charge in [-0.3, -0.25) is 0 Å². The first-order valence-corrected chi connectivity index (χ1v) is 10.6. The van der Waals surface area contributed by atoms with Gasteiger partial charge in [-0.15, -0.1) is 5.10 Å². The molecule has 0 aliphatic rings. The Morgan fingerprint density at radius 1 is 0.933 bits per heavy atom. The first-order chi connectivity index (χ1) is 14.4. The van der Waals surface area contributed by atoms with Crippen LogP contribution in [0.4, 0.5) is 0 Å². The summed E-state index contributed by atoms with van der Waals surface area (Å²) in [6.07, 6.45) is 0. The van der Waals surface area contributed by atoms with Crippen molar-refractivity contribution in [3.8, 4) is 16.9 Å². The molecule has 0 amide bonds. The second kappa shape index (κ2) is 7.74. The maximum atomic E-state index is 13.4. The molecule has 1 heterocycles. The number of carboxylic acids is 1. The van der Waals surface area contributed by atoms with Crippen molar-refractivity contribution < 1.29 is 18.3 Å². The summed E-state index contributed by atoms with van der Waals surface area (Å²) in [5.74, 6) is -1.11. The third-order valence-electron chi connectivity index (χ3n) is 4.40. The van der Waals surface area contributed by atoms with Gasteiger partial charge < -0.3 is 5.11 Å². The highest BCUT2D eigenvalue weighted by Gasteiger charge is 2.30. The lowest BCUT2D eigenvalue weighted by Crippen LogP contribution is -2.07. The molecule has 3 aromatic carbocycles. The number of nitrogens with zero attached hydrogens (tertiary/aromatic N) is 3. The van der Waals surface area contributed by atoms with Crippen LogP contribution < -0.4 is 0 Å². The van der Waals surface area contributed by atoms with Crippen molar-refractivity contribution in [3.63, 3.8) is 0 Å². The number of hydrogen-bond acceptors (Lipinski definition) is 5. The number of aromatic nitrogens is 3. The van der Waals surface area contributed by atoms with Gasteiger partial charge in [-0.25, -0.2) is 17.9 Å². The third kappa shape index (κ3) is 3.47. The quantitative estimate of drug-likeness (QED) is 0.501. The van der Waals surface area contributed by atoms with Crippen LogP contribution in [0.15, 0.2) is 88.8 Å². The van der Waals surface area contributed by atoms with Gasteiger partial charge in [0.1, 0.15) is 5.69 Å². The molecule has 0 saturated heterocycles. The molecule has 0 aliphatic carbocycles. The Morgan fingerprint density at radius 2 is 1.63 bits per heavy atom. The molecule has 0 bridgehead atoms. The van der Waals surface area contributed by atoms with Crippen LogP contribution in [-0.2, 0) is 9.84 Å². The molecule has 7 nitrogen and oxygen atoms in total. The maximum Gasteiger partial charge on any atom is 0.335 e. The molecular weight excluding hydrogens is 426 g/mol. The van der Waals surface area contributed by atoms with Gasteiger partial charge in [-0.05, 0) is 30.3 Å². The predicted octanol–water partition coefficient (Wildman–Crippen LogP) is 4.12. The summed E-state index contributed by atoms with van der Waals surface area (Å²) in [7, 11) is -4.10. The largest absolute Gasteiger partial charge is 0.478 e. The lowest BCUT2D eigenvalue weighted by Gasteiger charge is -2.10. The van der Waals surface area contributed by atoms with Gasteiger partial charge in [-0.1, -0.05) is 65.3 Å². The fourth-order valence-corrected chi connectivity index (χ4v) is 4.84. The highest BCUT2D eigenvalue weighted by Crippen LogP contribution is 2.34. The Morgan fingerprint density at radius 3 is 2.33 bits per heavy atom. The van der Waals surface area contributed by atoms with Crippen molar-refractivity contribution in [1.82, 2.24) is 15.0 Å². The van der Waals surface area contributed by atoms with Crippen LogP contribution >= 0.6 is 11.6 Å². The van der Waals surface area contributed by atoms with Crippen LogP contribution in [0, 0.1) is 0 Å². The van der Waals surface area contributed by atoms with E-state index in [-0.39, 0.29) is 26.2 Å². The first kappa shape index (κ1) is 19.8. The molecule has 0 saturated carbocycles. The number of carbonyl (C=O) groups is 1. The minimum atomic E-state index is -4.10. The molecule has 0 fully saturated rings. The molecule has 0 spiro atoms. The average molecular weight is 440 g/mol. The van der Waals surface area contributed by atoms with Crippen molar-refractivity contribution in [3.05, 3.63) is 89.4 Å². The summed E-state index contributed by atoms with van der Waals surface area (Å²) < 4.78 is 28.1. The number of halogens is 1. The zero-order valence-corrected chi connectivity index (χ0v) is 16.9. The van der Waals surface area contributed by atoms with E-state index >= 15 is 0 Å². The van der Waals surface area contributed by atoms with E-state index in [0.717, 1.165) is 0 Å². The Balaban J connectivity index is 2.00. The lowest BCUT2D eigenvalue weighted by atomic mass is 10.1. The molecule has 4 rings (SSSR count). The molecule has 4 aromatic rings. The van der Waals surface area contributed by atoms with Crippen LogP contribution in [0.25, 0.3) is 16.9 Å². The van der Waals surface area contributed by atoms with Crippen LogP contribution in [0.5, 0.6) is 0 Å². The summed E-state index contributed by atoms with van der Waals surface area (Å²) >= 11 is 6.14. The Hall–Kier alpha value is -3.49. The van der Waals surface area contributed by atoms with Gasteiger partial charge in [0.15, 0.2) is 0 Å². The van der Waals surface area contributed by atoms with Crippen LogP contribution in [0.1, 0.15) is 10.4 Å². The first-order valence-electron chi connectivity index (χ1n) is 8.74. The summed E-state index contributed by atoms with van der Waals surface area (Å²) in [6, 6.07) is 20.9. The van der Waals surface area contributed by atoms with E-state index in [2.05, 4.69) is 10.3 Å².